The second kappa shape index (κ2) is 5.82. The van der Waals surface area contributed by atoms with Gasteiger partial charge >= 0.3 is 5.97 Å². The number of carbonyl (C=O) groups is 2. The minimum absolute atomic E-state index is 0.00256. The van der Waals surface area contributed by atoms with E-state index in [1.165, 1.54) is 11.3 Å². The minimum atomic E-state index is -0.872. The molecule has 0 spiro atoms. The predicted octanol–water partition coefficient (Wildman–Crippen LogP) is 2.14. The van der Waals surface area contributed by atoms with E-state index < -0.39 is 11.9 Å². The van der Waals surface area contributed by atoms with Crippen molar-refractivity contribution in [2.75, 3.05) is 6.54 Å². The Morgan fingerprint density at radius 3 is 2.53 bits per heavy atom. The average Bonchev–Trinajstić information content (AvgIpc) is 2.63. The Bertz CT molecular complexity index is 412. The molecule has 0 aromatic carbocycles. The van der Waals surface area contributed by atoms with E-state index in [-0.39, 0.29) is 18.4 Å². The molecule has 0 aliphatic heterocycles. The lowest BCUT2D eigenvalue weighted by Crippen LogP contribution is -2.35. The first-order chi connectivity index (χ1) is 7.93. The van der Waals surface area contributed by atoms with Crippen molar-refractivity contribution in [3.63, 3.8) is 0 Å². The van der Waals surface area contributed by atoms with Crippen molar-refractivity contribution in [2.45, 2.75) is 20.8 Å². The lowest BCUT2D eigenvalue weighted by molar-refractivity contribution is -0.142. The van der Waals surface area contributed by atoms with E-state index in [0.29, 0.717) is 4.88 Å². The fourth-order valence-corrected chi connectivity index (χ4v) is 2.34. The van der Waals surface area contributed by atoms with Crippen LogP contribution in [0, 0.1) is 18.8 Å². The number of hydrogen-bond acceptors (Lipinski definition) is 3. The number of aliphatic carboxylic acids is 1. The first kappa shape index (κ1) is 13.7. The van der Waals surface area contributed by atoms with Crippen molar-refractivity contribution < 1.29 is 14.7 Å². The molecule has 4 nitrogen and oxygen atoms in total. The van der Waals surface area contributed by atoms with Gasteiger partial charge in [-0.1, -0.05) is 13.8 Å². The summed E-state index contributed by atoms with van der Waals surface area (Å²) in [6.07, 6.45) is 0. The molecule has 1 atom stereocenters. The number of nitrogens with one attached hydrogen (secondary N) is 1. The molecule has 0 bridgehead atoms. The van der Waals surface area contributed by atoms with Gasteiger partial charge in [-0.15, -0.1) is 11.3 Å². The smallest absolute Gasteiger partial charge is 0.308 e. The topological polar surface area (TPSA) is 66.4 Å². The summed E-state index contributed by atoms with van der Waals surface area (Å²) < 4.78 is 0. The average molecular weight is 255 g/mol. The van der Waals surface area contributed by atoms with Gasteiger partial charge in [0.15, 0.2) is 0 Å². The summed E-state index contributed by atoms with van der Waals surface area (Å²) in [5, 5.41) is 13.5. The van der Waals surface area contributed by atoms with Crippen LogP contribution in [0.2, 0.25) is 0 Å². The largest absolute Gasteiger partial charge is 0.481 e. The molecule has 0 aliphatic carbocycles. The van der Waals surface area contributed by atoms with Crippen molar-refractivity contribution in [2.24, 2.45) is 11.8 Å². The molecule has 1 aromatic heterocycles. The summed E-state index contributed by atoms with van der Waals surface area (Å²) in [7, 11) is 0. The van der Waals surface area contributed by atoms with Crippen LogP contribution in [-0.4, -0.2) is 23.5 Å². The van der Waals surface area contributed by atoms with Crippen LogP contribution >= 0.6 is 11.3 Å². The standard InChI is InChI=1S/C12H17NO3S/c1-7(2)9(12(15)16)6-13-11(14)10-8(3)4-5-17-10/h4-5,7,9H,6H2,1-3H3,(H,13,14)(H,15,16). The minimum Gasteiger partial charge on any atom is -0.481 e. The first-order valence-electron chi connectivity index (χ1n) is 5.48. The van der Waals surface area contributed by atoms with E-state index in [1.54, 1.807) is 0 Å². The van der Waals surface area contributed by atoms with Crippen molar-refractivity contribution in [3.8, 4) is 0 Å². The Balaban J connectivity index is 2.59. The molecule has 1 aromatic rings. The molecule has 1 rings (SSSR count). The van der Waals surface area contributed by atoms with Gasteiger partial charge in [0, 0.05) is 6.54 Å². The molecule has 1 heterocycles. The van der Waals surface area contributed by atoms with Crippen LogP contribution in [0.15, 0.2) is 11.4 Å². The molecule has 1 unspecified atom stereocenters. The van der Waals surface area contributed by atoms with Crippen LogP contribution < -0.4 is 5.32 Å². The van der Waals surface area contributed by atoms with Crippen molar-refractivity contribution >= 4 is 23.2 Å². The molecule has 1 amide bonds. The number of carboxylic acids is 1. The highest BCUT2D eigenvalue weighted by molar-refractivity contribution is 7.12. The lowest BCUT2D eigenvalue weighted by Gasteiger charge is -2.16. The monoisotopic (exact) mass is 255 g/mol. The Morgan fingerprint density at radius 1 is 1.47 bits per heavy atom. The van der Waals surface area contributed by atoms with Gasteiger partial charge in [-0.05, 0) is 29.9 Å². The predicted molar refractivity (Wildman–Crippen MR) is 67.4 cm³/mol. The molecule has 0 aliphatic rings. The van der Waals surface area contributed by atoms with Gasteiger partial charge in [0.2, 0.25) is 0 Å². The maximum atomic E-state index is 11.8. The third-order valence-electron chi connectivity index (χ3n) is 2.67. The zero-order valence-corrected chi connectivity index (χ0v) is 11.0. The first-order valence-corrected chi connectivity index (χ1v) is 6.36. The van der Waals surface area contributed by atoms with Crippen LogP contribution in [0.1, 0.15) is 29.1 Å². The summed E-state index contributed by atoms with van der Waals surface area (Å²) in [6, 6.07) is 1.87. The molecule has 94 valence electrons. The van der Waals surface area contributed by atoms with E-state index in [0.717, 1.165) is 5.56 Å². The Hall–Kier alpha value is -1.36. The van der Waals surface area contributed by atoms with Gasteiger partial charge < -0.3 is 10.4 Å². The van der Waals surface area contributed by atoms with Crippen LogP contribution in [0.5, 0.6) is 0 Å². The number of rotatable bonds is 5. The van der Waals surface area contributed by atoms with E-state index in [2.05, 4.69) is 5.32 Å². The summed E-state index contributed by atoms with van der Waals surface area (Å²) in [6.45, 7) is 5.70. The second-order valence-corrected chi connectivity index (χ2v) is 5.25. The number of carboxylic acid groups (broad SMARTS) is 1. The lowest BCUT2D eigenvalue weighted by atomic mass is 9.96. The third-order valence-corrected chi connectivity index (χ3v) is 3.69. The molecule has 0 fully saturated rings. The normalized spacial score (nSPS) is 12.5. The molecule has 2 N–H and O–H groups in total. The SMILES string of the molecule is Cc1ccsc1C(=O)NCC(C(=O)O)C(C)C. The molecular formula is C12H17NO3S. The third kappa shape index (κ3) is 3.56. The molecule has 0 radical (unpaired) electrons. The number of thiophene rings is 1. The Labute approximate surface area is 105 Å². The maximum absolute atomic E-state index is 11.8. The summed E-state index contributed by atoms with van der Waals surface area (Å²) >= 11 is 1.37. The molecule has 17 heavy (non-hydrogen) atoms. The van der Waals surface area contributed by atoms with Gasteiger partial charge in [0.1, 0.15) is 0 Å². The van der Waals surface area contributed by atoms with Crippen LogP contribution in [0.3, 0.4) is 0 Å². The molecular weight excluding hydrogens is 238 g/mol. The van der Waals surface area contributed by atoms with Gasteiger partial charge in [-0.25, -0.2) is 0 Å². The van der Waals surface area contributed by atoms with Gasteiger partial charge in [-0.2, -0.15) is 0 Å². The Morgan fingerprint density at radius 2 is 2.12 bits per heavy atom. The van der Waals surface area contributed by atoms with Crippen LogP contribution in [0.4, 0.5) is 0 Å². The zero-order valence-electron chi connectivity index (χ0n) is 10.2. The van der Waals surface area contributed by atoms with E-state index in [4.69, 9.17) is 5.11 Å². The van der Waals surface area contributed by atoms with Gasteiger partial charge in [0.05, 0.1) is 10.8 Å². The van der Waals surface area contributed by atoms with Crippen molar-refractivity contribution in [1.29, 1.82) is 0 Å². The molecule has 0 saturated carbocycles. The fraction of sp³-hybridized carbons (Fsp3) is 0.500. The summed E-state index contributed by atoms with van der Waals surface area (Å²) in [5.41, 5.74) is 0.920. The van der Waals surface area contributed by atoms with E-state index >= 15 is 0 Å². The number of carbonyl (C=O) groups excluding carboxylic acids is 1. The highest BCUT2D eigenvalue weighted by atomic mass is 32.1. The van der Waals surface area contributed by atoms with Crippen LogP contribution in [0.25, 0.3) is 0 Å². The molecule has 0 saturated heterocycles. The fourth-order valence-electron chi connectivity index (χ4n) is 1.50. The summed E-state index contributed by atoms with van der Waals surface area (Å²) in [4.78, 5) is 23.4. The highest BCUT2D eigenvalue weighted by Crippen LogP contribution is 2.16. The van der Waals surface area contributed by atoms with Gasteiger partial charge in [0.25, 0.3) is 5.91 Å². The quantitative estimate of drug-likeness (QED) is 0.847. The summed E-state index contributed by atoms with van der Waals surface area (Å²) in [5.74, 6) is -1.61. The second-order valence-electron chi connectivity index (χ2n) is 4.33. The van der Waals surface area contributed by atoms with E-state index in [1.807, 2.05) is 32.2 Å². The van der Waals surface area contributed by atoms with Crippen molar-refractivity contribution in [1.82, 2.24) is 5.32 Å². The number of aryl methyl sites for hydroxylation is 1. The van der Waals surface area contributed by atoms with Gasteiger partial charge in [-0.3, -0.25) is 9.59 Å². The zero-order chi connectivity index (χ0) is 13.0. The highest BCUT2D eigenvalue weighted by Gasteiger charge is 2.22. The number of hydrogen-bond donors (Lipinski definition) is 2. The van der Waals surface area contributed by atoms with Crippen LogP contribution in [-0.2, 0) is 4.79 Å². The van der Waals surface area contributed by atoms with Crippen molar-refractivity contribution in [3.05, 3.63) is 21.9 Å². The Kier molecular flexibility index (Phi) is 4.69. The number of amides is 1. The molecule has 5 heteroatoms. The maximum Gasteiger partial charge on any atom is 0.308 e. The van der Waals surface area contributed by atoms with E-state index in [9.17, 15) is 9.59 Å².